The van der Waals surface area contributed by atoms with Gasteiger partial charge in [-0.2, -0.15) is 0 Å². The van der Waals surface area contributed by atoms with Crippen LogP contribution in [-0.2, 0) is 6.54 Å². The fraction of sp³-hybridized carbons (Fsp3) is 0.0625. The third kappa shape index (κ3) is 2.35. The molecule has 0 saturated heterocycles. The predicted molar refractivity (Wildman–Crippen MR) is 80.0 cm³/mol. The van der Waals surface area contributed by atoms with Gasteiger partial charge in [0, 0.05) is 36.4 Å². The van der Waals surface area contributed by atoms with Crippen molar-refractivity contribution in [3.05, 3.63) is 72.3 Å². The molecular formula is C16H11FN5. The Bertz CT molecular complexity index is 855. The van der Waals surface area contributed by atoms with Crippen molar-refractivity contribution in [2.24, 2.45) is 4.99 Å². The summed E-state index contributed by atoms with van der Waals surface area (Å²) in [6, 6.07) is 6.38. The van der Waals surface area contributed by atoms with E-state index in [-0.39, 0.29) is 5.82 Å². The number of hydrogen-bond acceptors (Lipinski definition) is 3. The number of halogens is 1. The van der Waals surface area contributed by atoms with E-state index in [0.717, 1.165) is 11.1 Å². The highest BCUT2D eigenvalue weighted by Gasteiger charge is 2.18. The van der Waals surface area contributed by atoms with Crippen molar-refractivity contribution in [2.75, 3.05) is 0 Å². The third-order valence-corrected chi connectivity index (χ3v) is 3.37. The van der Waals surface area contributed by atoms with Gasteiger partial charge in [-0.25, -0.2) is 19.7 Å². The number of amidine groups is 1. The van der Waals surface area contributed by atoms with Gasteiger partial charge < -0.3 is 4.57 Å². The highest BCUT2D eigenvalue weighted by atomic mass is 19.1. The van der Waals surface area contributed by atoms with Gasteiger partial charge >= 0.3 is 0 Å². The van der Waals surface area contributed by atoms with Gasteiger partial charge in [0.05, 0.1) is 24.2 Å². The molecule has 0 bridgehead atoms. The maximum absolute atomic E-state index is 13.2. The summed E-state index contributed by atoms with van der Waals surface area (Å²) >= 11 is 0. The Kier molecular flexibility index (Phi) is 2.93. The number of nitrogens with zero attached hydrogens (tertiary/aromatic N) is 5. The van der Waals surface area contributed by atoms with Gasteiger partial charge in [-0.05, 0) is 23.8 Å². The van der Waals surface area contributed by atoms with Crippen LogP contribution in [0.3, 0.4) is 0 Å². The molecule has 2 aromatic heterocycles. The molecule has 1 aromatic carbocycles. The zero-order valence-corrected chi connectivity index (χ0v) is 11.5. The molecule has 22 heavy (non-hydrogen) atoms. The summed E-state index contributed by atoms with van der Waals surface area (Å²) < 4.78 is 15.2. The van der Waals surface area contributed by atoms with Crippen LogP contribution in [-0.4, -0.2) is 20.4 Å². The van der Waals surface area contributed by atoms with Crippen molar-refractivity contribution >= 4 is 17.2 Å². The summed E-state index contributed by atoms with van der Waals surface area (Å²) in [6.45, 7) is 0.676. The molecule has 0 fully saturated rings. The Hall–Kier alpha value is -3.02. The summed E-state index contributed by atoms with van der Waals surface area (Å²) in [7, 11) is 0. The summed E-state index contributed by atoms with van der Waals surface area (Å²) in [6.07, 6.45) is 8.89. The van der Waals surface area contributed by atoms with E-state index in [1.165, 1.54) is 12.1 Å². The van der Waals surface area contributed by atoms with Gasteiger partial charge in [0.1, 0.15) is 5.82 Å². The van der Waals surface area contributed by atoms with E-state index in [2.05, 4.69) is 20.3 Å². The van der Waals surface area contributed by atoms with Crippen molar-refractivity contribution in [1.82, 2.24) is 19.9 Å². The van der Waals surface area contributed by atoms with Crippen LogP contribution in [0.4, 0.5) is 15.8 Å². The van der Waals surface area contributed by atoms with E-state index < -0.39 is 0 Å². The molecule has 5 nitrogen and oxygen atoms in total. The van der Waals surface area contributed by atoms with Crippen LogP contribution in [0.2, 0.25) is 0 Å². The average Bonchev–Trinajstić information content (AvgIpc) is 3.16. The van der Waals surface area contributed by atoms with E-state index in [1.54, 1.807) is 31.0 Å². The maximum Gasteiger partial charge on any atom is 0.162 e. The van der Waals surface area contributed by atoms with Crippen LogP contribution in [0.25, 0.3) is 0 Å². The minimum Gasteiger partial charge on any atom is -0.333 e. The summed E-state index contributed by atoms with van der Waals surface area (Å²) in [4.78, 5) is 12.7. The third-order valence-electron chi connectivity index (χ3n) is 3.37. The molecule has 0 aliphatic carbocycles. The molecule has 107 valence electrons. The average molecular weight is 292 g/mol. The van der Waals surface area contributed by atoms with Gasteiger partial charge in [0.15, 0.2) is 5.84 Å². The molecule has 3 aromatic rings. The van der Waals surface area contributed by atoms with Gasteiger partial charge in [-0.1, -0.05) is 0 Å². The zero-order chi connectivity index (χ0) is 14.9. The van der Waals surface area contributed by atoms with Crippen molar-refractivity contribution in [2.45, 2.75) is 6.54 Å². The normalized spacial score (nSPS) is 12.7. The molecule has 6 heteroatoms. The van der Waals surface area contributed by atoms with Gasteiger partial charge in [0.25, 0.3) is 0 Å². The summed E-state index contributed by atoms with van der Waals surface area (Å²) in [5, 5.41) is 4.37. The number of imidazole rings is 1. The largest absolute Gasteiger partial charge is 0.333 e. The summed E-state index contributed by atoms with van der Waals surface area (Å²) in [5.41, 5.74) is 3.07. The van der Waals surface area contributed by atoms with Crippen LogP contribution in [0.1, 0.15) is 11.1 Å². The van der Waals surface area contributed by atoms with Crippen LogP contribution in [0.5, 0.6) is 0 Å². The van der Waals surface area contributed by atoms with Crippen molar-refractivity contribution in [1.29, 1.82) is 0 Å². The Morgan fingerprint density at radius 3 is 2.86 bits per heavy atom. The monoisotopic (exact) mass is 292 g/mol. The molecule has 0 amide bonds. The van der Waals surface area contributed by atoms with E-state index in [1.807, 2.05) is 16.8 Å². The van der Waals surface area contributed by atoms with Crippen LogP contribution in [0.15, 0.2) is 60.4 Å². The lowest BCUT2D eigenvalue weighted by molar-refractivity contribution is 0.628. The lowest BCUT2D eigenvalue weighted by Gasteiger charge is -2.05. The number of fused-ring (bicyclic) bond motifs is 1. The quantitative estimate of drug-likeness (QED) is 0.745. The van der Waals surface area contributed by atoms with Crippen molar-refractivity contribution in [3.8, 4) is 0 Å². The van der Waals surface area contributed by atoms with E-state index in [9.17, 15) is 4.39 Å². The molecule has 0 saturated carbocycles. The minimum atomic E-state index is -0.314. The van der Waals surface area contributed by atoms with Crippen LogP contribution < -0.4 is 5.32 Å². The summed E-state index contributed by atoms with van der Waals surface area (Å²) in [5.74, 6) is 0.242. The number of hydrogen-bond donors (Lipinski definition) is 0. The molecule has 0 N–H and O–H groups in total. The molecule has 3 heterocycles. The van der Waals surface area contributed by atoms with E-state index >= 15 is 0 Å². The molecule has 1 aliphatic rings. The van der Waals surface area contributed by atoms with Crippen molar-refractivity contribution in [3.63, 3.8) is 0 Å². The number of pyridine rings is 1. The fourth-order valence-corrected chi connectivity index (χ4v) is 2.35. The highest BCUT2D eigenvalue weighted by Crippen LogP contribution is 2.32. The lowest BCUT2D eigenvalue weighted by Crippen LogP contribution is -2.09. The molecule has 4 rings (SSSR count). The SMILES string of the molecule is Fc1ccc2c(c1)[N]C(c1cncc(Cn3ccnc3)c1)=N2. The first-order valence-corrected chi connectivity index (χ1v) is 6.78. The van der Waals surface area contributed by atoms with Crippen LogP contribution >= 0.6 is 0 Å². The number of aromatic nitrogens is 3. The van der Waals surface area contributed by atoms with Gasteiger partial charge in [0.2, 0.25) is 0 Å². The smallest absolute Gasteiger partial charge is 0.162 e. The molecule has 0 spiro atoms. The van der Waals surface area contributed by atoms with E-state index in [4.69, 9.17) is 0 Å². The van der Waals surface area contributed by atoms with Gasteiger partial charge in [-0.15, -0.1) is 0 Å². The standard InChI is InChI=1S/C16H11FN5/c17-13-1-2-14-15(6-13)21-16(20-14)12-5-11(7-19-8-12)9-22-4-3-18-10-22/h1-8,10H,9H2. The minimum absolute atomic E-state index is 0.314. The number of rotatable bonds is 3. The number of benzene rings is 1. The molecule has 1 radical (unpaired) electrons. The Morgan fingerprint density at radius 1 is 1.05 bits per heavy atom. The van der Waals surface area contributed by atoms with Crippen LogP contribution in [0, 0.1) is 5.82 Å². The first-order chi connectivity index (χ1) is 10.8. The Morgan fingerprint density at radius 2 is 2.00 bits per heavy atom. The predicted octanol–water partition coefficient (Wildman–Crippen LogP) is 2.79. The topological polar surface area (TPSA) is 57.2 Å². The van der Waals surface area contributed by atoms with E-state index in [0.29, 0.717) is 23.8 Å². The first kappa shape index (κ1) is 12.7. The molecule has 1 aliphatic heterocycles. The fourth-order valence-electron chi connectivity index (χ4n) is 2.35. The second kappa shape index (κ2) is 5.07. The molecular weight excluding hydrogens is 281 g/mol. The Balaban J connectivity index is 1.62. The van der Waals surface area contributed by atoms with Crippen molar-refractivity contribution < 1.29 is 4.39 Å². The van der Waals surface area contributed by atoms with Gasteiger partial charge in [-0.3, -0.25) is 4.98 Å². The molecule has 0 atom stereocenters. The second-order valence-electron chi connectivity index (χ2n) is 5.00. The lowest BCUT2D eigenvalue weighted by atomic mass is 10.2. The highest BCUT2D eigenvalue weighted by molar-refractivity contribution is 6.07. The second-order valence-corrected chi connectivity index (χ2v) is 5.00. The zero-order valence-electron chi connectivity index (χ0n) is 11.5. The Labute approximate surface area is 126 Å². The maximum atomic E-state index is 13.2. The molecule has 0 unspecified atom stereocenters. The number of aliphatic imine (C=N–C) groups is 1. The first-order valence-electron chi connectivity index (χ1n) is 6.78.